The van der Waals surface area contributed by atoms with Crippen LogP contribution in [0.4, 0.5) is 4.39 Å². The van der Waals surface area contributed by atoms with Crippen LogP contribution < -0.4 is 11.2 Å². The summed E-state index contributed by atoms with van der Waals surface area (Å²) in [5, 5.41) is 0. The molecular weight excluding hydrogens is 272 g/mol. The van der Waals surface area contributed by atoms with Gasteiger partial charge in [-0.05, 0) is 36.8 Å². The highest BCUT2D eigenvalue weighted by molar-refractivity contribution is 6.33. The van der Waals surface area contributed by atoms with Crippen LogP contribution in [0.25, 0.3) is 11.1 Å². The Morgan fingerprint density at radius 1 is 1.24 bits per heavy atom. The van der Waals surface area contributed by atoms with E-state index in [2.05, 4.69) is 4.98 Å². The van der Waals surface area contributed by atoms with Gasteiger partial charge < -0.3 is 4.42 Å². The molecule has 1 N–H and O–H groups in total. The number of nitrogens with one attached hydrogen (secondary N) is 1. The maximum atomic E-state index is 13.3. The van der Waals surface area contributed by atoms with Crippen LogP contribution in [0.3, 0.4) is 0 Å². The molecule has 0 atom stereocenters. The molecule has 0 fully saturated rings. The van der Waals surface area contributed by atoms with Crippen molar-refractivity contribution in [3.63, 3.8) is 0 Å². The number of aromatic amines is 1. The lowest BCUT2D eigenvalue weighted by molar-refractivity contribution is 0.103. The molecule has 0 bridgehead atoms. The van der Waals surface area contributed by atoms with Crippen LogP contribution in [0.2, 0.25) is 0 Å². The Hall–Kier alpha value is -2.63. The number of aryl methyl sites for hydroxylation is 1. The van der Waals surface area contributed by atoms with Gasteiger partial charge >= 0.3 is 5.76 Å². The van der Waals surface area contributed by atoms with Crippen molar-refractivity contribution < 1.29 is 13.6 Å². The fraction of sp³-hybridized carbons (Fsp3) is 0.0667. The van der Waals surface area contributed by atoms with E-state index in [1.54, 1.807) is 20.8 Å². The summed E-state index contributed by atoms with van der Waals surface area (Å²) in [4.78, 5) is 26.3. The second kappa shape index (κ2) is 4.73. The van der Waals surface area contributed by atoms with Crippen LogP contribution in [0.1, 0.15) is 21.5 Å². The molecule has 0 spiro atoms. The number of halogens is 1. The maximum absolute atomic E-state index is 13.3. The number of ketones is 1. The van der Waals surface area contributed by atoms with Crippen LogP contribution in [-0.4, -0.2) is 18.6 Å². The number of oxazole rings is 1. The highest BCUT2D eigenvalue weighted by Gasteiger charge is 2.14. The molecule has 3 rings (SSSR count). The third-order valence-corrected chi connectivity index (χ3v) is 3.41. The van der Waals surface area contributed by atoms with Gasteiger partial charge in [0.25, 0.3) is 0 Å². The van der Waals surface area contributed by atoms with Gasteiger partial charge in [-0.25, -0.2) is 9.18 Å². The molecule has 1 aromatic heterocycles. The quantitative estimate of drug-likeness (QED) is 0.565. The fourth-order valence-electron chi connectivity index (χ4n) is 2.31. The highest BCUT2D eigenvalue weighted by atomic mass is 19.1. The summed E-state index contributed by atoms with van der Waals surface area (Å²) < 4.78 is 18.3. The smallest absolute Gasteiger partial charge is 0.408 e. The number of H-pyrrole nitrogens is 1. The molecule has 0 unspecified atom stereocenters. The van der Waals surface area contributed by atoms with E-state index in [1.807, 2.05) is 0 Å². The summed E-state index contributed by atoms with van der Waals surface area (Å²) in [6, 6.07) is 7.41. The minimum absolute atomic E-state index is 0.244. The van der Waals surface area contributed by atoms with Crippen molar-refractivity contribution >= 4 is 30.2 Å². The lowest BCUT2D eigenvalue weighted by Crippen LogP contribution is -2.12. The first-order valence-corrected chi connectivity index (χ1v) is 6.40. The van der Waals surface area contributed by atoms with E-state index in [0.29, 0.717) is 27.7 Å². The highest BCUT2D eigenvalue weighted by Crippen LogP contribution is 2.20. The lowest BCUT2D eigenvalue weighted by Gasteiger charge is -2.05. The average molecular weight is 283 g/mol. The van der Waals surface area contributed by atoms with E-state index in [-0.39, 0.29) is 11.6 Å². The molecule has 21 heavy (non-hydrogen) atoms. The van der Waals surface area contributed by atoms with E-state index in [4.69, 9.17) is 4.42 Å². The number of benzene rings is 2. The van der Waals surface area contributed by atoms with Gasteiger partial charge in [0.1, 0.15) is 13.7 Å². The second-order valence-electron chi connectivity index (χ2n) is 4.97. The van der Waals surface area contributed by atoms with Crippen LogP contribution >= 0.6 is 0 Å². The molecule has 2 aromatic carbocycles. The molecule has 3 aromatic rings. The van der Waals surface area contributed by atoms with Gasteiger partial charge in [-0.3, -0.25) is 9.78 Å². The first kappa shape index (κ1) is 13.4. The van der Waals surface area contributed by atoms with Gasteiger partial charge in [0, 0.05) is 11.1 Å². The van der Waals surface area contributed by atoms with E-state index in [9.17, 15) is 14.0 Å². The first-order chi connectivity index (χ1) is 9.95. The molecule has 1 heterocycles. The molecule has 6 heteroatoms. The topological polar surface area (TPSA) is 63.1 Å². The molecule has 0 radical (unpaired) electrons. The number of aromatic nitrogens is 1. The van der Waals surface area contributed by atoms with Crippen LogP contribution in [0, 0.1) is 12.7 Å². The van der Waals surface area contributed by atoms with Gasteiger partial charge in [-0.15, -0.1) is 0 Å². The normalized spacial score (nSPS) is 11.0. The Kier molecular flexibility index (Phi) is 3.01. The zero-order valence-electron chi connectivity index (χ0n) is 11.5. The number of carbonyl (C=O) groups excluding carboxylic acids is 1. The molecule has 0 aliphatic carbocycles. The molecule has 0 aliphatic heterocycles. The third kappa shape index (κ3) is 2.29. The number of carbonyl (C=O) groups is 1. The molecule has 4 nitrogen and oxygen atoms in total. The standard InChI is InChI=1S/C15H11BFNO3/c1-7-4-9(6-12-13(7)18-15(20)21-12)14(19)8-2-3-11(17)10(16)5-8/h2-6H,16H2,1H3,(H,18,20). The zero-order valence-corrected chi connectivity index (χ0v) is 11.5. The molecule has 0 aliphatic rings. The average Bonchev–Trinajstić information content (AvgIpc) is 2.82. The Morgan fingerprint density at radius 3 is 2.71 bits per heavy atom. The number of rotatable bonds is 2. The van der Waals surface area contributed by atoms with Crippen molar-refractivity contribution in [3.05, 3.63) is 63.4 Å². The largest absolute Gasteiger partial charge is 0.417 e. The molecule has 0 saturated heterocycles. The minimum Gasteiger partial charge on any atom is -0.408 e. The molecular formula is C15H11BFNO3. The van der Waals surface area contributed by atoms with Crippen LogP contribution in [-0.2, 0) is 0 Å². The Balaban J connectivity index is 2.12. The monoisotopic (exact) mass is 283 g/mol. The third-order valence-electron chi connectivity index (χ3n) is 3.41. The molecule has 0 amide bonds. The predicted octanol–water partition coefficient (Wildman–Crippen LogP) is 1.06. The fourth-order valence-corrected chi connectivity index (χ4v) is 2.31. The van der Waals surface area contributed by atoms with Crippen molar-refractivity contribution in [2.75, 3.05) is 0 Å². The number of hydrogen-bond acceptors (Lipinski definition) is 3. The molecule has 0 saturated carbocycles. The van der Waals surface area contributed by atoms with E-state index in [1.165, 1.54) is 24.3 Å². The van der Waals surface area contributed by atoms with Crippen molar-refractivity contribution in [1.29, 1.82) is 0 Å². The van der Waals surface area contributed by atoms with Gasteiger partial charge in [-0.1, -0.05) is 11.5 Å². The predicted molar refractivity (Wildman–Crippen MR) is 79.6 cm³/mol. The first-order valence-electron chi connectivity index (χ1n) is 6.40. The number of hydrogen-bond donors (Lipinski definition) is 1. The summed E-state index contributed by atoms with van der Waals surface area (Å²) in [6.45, 7) is 1.78. The van der Waals surface area contributed by atoms with Gasteiger partial charge in [0.15, 0.2) is 11.4 Å². The summed E-state index contributed by atoms with van der Waals surface area (Å²) >= 11 is 0. The Morgan fingerprint density at radius 2 is 2.00 bits per heavy atom. The number of fused-ring (bicyclic) bond motifs is 1. The van der Waals surface area contributed by atoms with Crippen molar-refractivity contribution in [2.45, 2.75) is 6.92 Å². The summed E-state index contributed by atoms with van der Waals surface area (Å²) in [5.74, 6) is -1.16. The summed E-state index contributed by atoms with van der Waals surface area (Å²) in [5.41, 5.74) is 2.85. The SMILES string of the molecule is Bc1cc(C(=O)c2cc(C)c3[nH]c(=O)oc3c2)ccc1F. The van der Waals surface area contributed by atoms with Crippen molar-refractivity contribution in [1.82, 2.24) is 4.98 Å². The molecule has 104 valence electrons. The van der Waals surface area contributed by atoms with E-state index >= 15 is 0 Å². The van der Waals surface area contributed by atoms with Crippen molar-refractivity contribution in [3.8, 4) is 0 Å². The van der Waals surface area contributed by atoms with Crippen molar-refractivity contribution in [2.24, 2.45) is 0 Å². The van der Waals surface area contributed by atoms with Crippen LogP contribution in [0.5, 0.6) is 0 Å². The second-order valence-corrected chi connectivity index (χ2v) is 4.97. The Bertz CT molecular complexity index is 926. The zero-order chi connectivity index (χ0) is 15.1. The summed E-state index contributed by atoms with van der Waals surface area (Å²) in [6.07, 6.45) is 0. The maximum Gasteiger partial charge on any atom is 0.417 e. The van der Waals surface area contributed by atoms with Gasteiger partial charge in [0.2, 0.25) is 0 Å². The minimum atomic E-state index is -0.560. The van der Waals surface area contributed by atoms with Gasteiger partial charge in [-0.2, -0.15) is 0 Å². The van der Waals surface area contributed by atoms with Gasteiger partial charge in [0.05, 0.1) is 5.52 Å². The summed E-state index contributed by atoms with van der Waals surface area (Å²) in [7, 11) is 1.60. The van der Waals surface area contributed by atoms with E-state index in [0.717, 1.165) is 5.56 Å². The van der Waals surface area contributed by atoms with Crippen LogP contribution in [0.15, 0.2) is 39.5 Å². The van der Waals surface area contributed by atoms with E-state index < -0.39 is 5.76 Å². The Labute approximate surface area is 120 Å². The lowest BCUT2D eigenvalue weighted by atomic mass is 9.91.